The third-order valence-electron chi connectivity index (χ3n) is 2.79. The molecule has 2 aromatic rings. The van der Waals surface area contributed by atoms with Gasteiger partial charge < -0.3 is 10.5 Å². The molecule has 0 aliphatic rings. The minimum atomic E-state index is -4.67. The molecule has 22 heavy (non-hydrogen) atoms. The number of aryl methyl sites for hydroxylation is 1. The highest BCUT2D eigenvalue weighted by atomic mass is 19.4. The van der Waals surface area contributed by atoms with Crippen LogP contribution in [-0.2, 0) is 6.18 Å². The van der Waals surface area contributed by atoms with Gasteiger partial charge in [0, 0.05) is 6.20 Å². The van der Waals surface area contributed by atoms with E-state index in [1.807, 2.05) is 0 Å². The molecule has 8 heteroatoms. The number of hydrogen-bond donors (Lipinski definition) is 1. The van der Waals surface area contributed by atoms with E-state index in [1.165, 1.54) is 19.1 Å². The number of nitrogens with two attached hydrogens (primary N) is 1. The van der Waals surface area contributed by atoms with Gasteiger partial charge >= 0.3 is 6.18 Å². The van der Waals surface area contributed by atoms with Crippen LogP contribution in [0.5, 0.6) is 11.6 Å². The smallest absolute Gasteiger partial charge is 0.417 e. The Morgan fingerprint density at radius 3 is 2.50 bits per heavy atom. The van der Waals surface area contributed by atoms with Crippen molar-refractivity contribution in [3.63, 3.8) is 0 Å². The van der Waals surface area contributed by atoms with Crippen molar-refractivity contribution in [1.29, 1.82) is 0 Å². The van der Waals surface area contributed by atoms with E-state index in [1.54, 1.807) is 0 Å². The summed E-state index contributed by atoms with van der Waals surface area (Å²) in [7, 11) is 0. The van der Waals surface area contributed by atoms with Crippen LogP contribution in [0.1, 0.15) is 21.5 Å². The number of primary amides is 1. The maximum Gasteiger partial charge on any atom is 0.417 e. The molecule has 116 valence electrons. The van der Waals surface area contributed by atoms with Crippen molar-refractivity contribution in [2.45, 2.75) is 13.1 Å². The molecule has 1 amide bonds. The van der Waals surface area contributed by atoms with Gasteiger partial charge in [0.2, 0.25) is 5.88 Å². The number of hydrogen-bond acceptors (Lipinski definition) is 3. The molecule has 1 aromatic carbocycles. The number of ether oxygens (including phenoxy) is 1. The monoisotopic (exact) mass is 314 g/mol. The standard InChI is InChI=1S/C14H10F4N2O2/c1-7-4-9(15)2-3-11(7)22-13-10(12(19)21)5-8(6-20-13)14(16,17)18/h2-6H,1H3,(H2,19,21). The molecular formula is C14H10F4N2O2. The number of nitrogens with zero attached hydrogens (tertiary/aromatic N) is 1. The number of pyridine rings is 1. The second-order valence-electron chi connectivity index (χ2n) is 4.45. The van der Waals surface area contributed by atoms with Crippen LogP contribution in [0.25, 0.3) is 0 Å². The van der Waals surface area contributed by atoms with Gasteiger partial charge in [-0.2, -0.15) is 13.2 Å². The van der Waals surface area contributed by atoms with E-state index in [4.69, 9.17) is 10.5 Å². The van der Waals surface area contributed by atoms with Crippen molar-refractivity contribution in [3.8, 4) is 11.6 Å². The Morgan fingerprint density at radius 1 is 1.27 bits per heavy atom. The van der Waals surface area contributed by atoms with Gasteiger partial charge in [0.05, 0.1) is 5.56 Å². The summed E-state index contributed by atoms with van der Waals surface area (Å²) < 4.78 is 56.2. The summed E-state index contributed by atoms with van der Waals surface area (Å²) in [6.07, 6.45) is -4.14. The summed E-state index contributed by atoms with van der Waals surface area (Å²) in [5.41, 5.74) is 3.81. The number of benzene rings is 1. The zero-order chi connectivity index (χ0) is 16.5. The average Bonchev–Trinajstić information content (AvgIpc) is 2.40. The van der Waals surface area contributed by atoms with Crippen LogP contribution in [0.15, 0.2) is 30.5 Å². The molecule has 0 saturated carbocycles. The highest BCUT2D eigenvalue weighted by molar-refractivity contribution is 5.95. The lowest BCUT2D eigenvalue weighted by molar-refractivity contribution is -0.137. The van der Waals surface area contributed by atoms with Gasteiger partial charge in [0.1, 0.15) is 17.1 Å². The molecule has 2 N–H and O–H groups in total. The van der Waals surface area contributed by atoms with Gasteiger partial charge in [-0.05, 0) is 36.8 Å². The summed E-state index contributed by atoms with van der Waals surface area (Å²) in [6.45, 7) is 1.53. The summed E-state index contributed by atoms with van der Waals surface area (Å²) >= 11 is 0. The van der Waals surface area contributed by atoms with Crippen molar-refractivity contribution < 1.29 is 27.1 Å². The van der Waals surface area contributed by atoms with Crippen molar-refractivity contribution in [2.75, 3.05) is 0 Å². The van der Waals surface area contributed by atoms with Crippen molar-refractivity contribution in [1.82, 2.24) is 4.98 Å². The molecule has 0 radical (unpaired) electrons. The van der Waals surface area contributed by atoms with Crippen LogP contribution in [-0.4, -0.2) is 10.9 Å². The first kappa shape index (κ1) is 15.7. The molecule has 0 fully saturated rings. The molecule has 1 aromatic heterocycles. The molecule has 0 saturated heterocycles. The van der Waals surface area contributed by atoms with E-state index in [-0.39, 0.29) is 11.6 Å². The molecule has 0 atom stereocenters. The topological polar surface area (TPSA) is 65.2 Å². The van der Waals surface area contributed by atoms with Crippen LogP contribution in [0.4, 0.5) is 17.6 Å². The minimum absolute atomic E-state index is 0.149. The van der Waals surface area contributed by atoms with E-state index in [0.29, 0.717) is 17.8 Å². The van der Waals surface area contributed by atoms with Gasteiger partial charge in [-0.1, -0.05) is 0 Å². The molecule has 0 unspecified atom stereocenters. The summed E-state index contributed by atoms with van der Waals surface area (Å²) in [6, 6.07) is 4.11. The fourth-order valence-electron chi connectivity index (χ4n) is 1.70. The van der Waals surface area contributed by atoms with E-state index in [2.05, 4.69) is 4.98 Å². The zero-order valence-electron chi connectivity index (χ0n) is 11.2. The molecule has 2 rings (SSSR count). The van der Waals surface area contributed by atoms with Crippen LogP contribution in [0, 0.1) is 12.7 Å². The van der Waals surface area contributed by atoms with E-state index < -0.39 is 29.0 Å². The van der Waals surface area contributed by atoms with Crippen molar-refractivity contribution in [3.05, 3.63) is 53.0 Å². The minimum Gasteiger partial charge on any atom is -0.438 e. The van der Waals surface area contributed by atoms with E-state index in [9.17, 15) is 22.4 Å². The molecule has 1 heterocycles. The fraction of sp³-hybridized carbons (Fsp3) is 0.143. The number of carbonyl (C=O) groups excluding carboxylic acids is 1. The van der Waals surface area contributed by atoms with Crippen LogP contribution >= 0.6 is 0 Å². The lowest BCUT2D eigenvalue weighted by atomic mass is 10.1. The lowest BCUT2D eigenvalue weighted by Crippen LogP contribution is -2.16. The Labute approximate surface area is 122 Å². The first-order chi connectivity index (χ1) is 10.2. The van der Waals surface area contributed by atoms with Gasteiger partial charge in [-0.3, -0.25) is 4.79 Å². The van der Waals surface area contributed by atoms with E-state index >= 15 is 0 Å². The normalized spacial score (nSPS) is 11.3. The Kier molecular flexibility index (Phi) is 4.03. The van der Waals surface area contributed by atoms with E-state index in [0.717, 1.165) is 6.07 Å². The zero-order valence-corrected chi connectivity index (χ0v) is 11.2. The second-order valence-corrected chi connectivity index (χ2v) is 4.45. The molecule has 4 nitrogen and oxygen atoms in total. The fourth-order valence-corrected chi connectivity index (χ4v) is 1.70. The lowest BCUT2D eigenvalue weighted by Gasteiger charge is -2.12. The Bertz CT molecular complexity index is 729. The van der Waals surface area contributed by atoms with Gasteiger partial charge in [0.15, 0.2) is 0 Å². The number of alkyl halides is 3. The largest absolute Gasteiger partial charge is 0.438 e. The second kappa shape index (κ2) is 5.63. The number of carbonyl (C=O) groups is 1. The summed E-state index contributed by atoms with van der Waals surface area (Å²) in [5, 5.41) is 0. The maximum atomic E-state index is 13.0. The third kappa shape index (κ3) is 3.33. The highest BCUT2D eigenvalue weighted by Crippen LogP contribution is 2.33. The SMILES string of the molecule is Cc1cc(F)ccc1Oc1ncc(C(F)(F)F)cc1C(N)=O. The van der Waals surface area contributed by atoms with Gasteiger partial charge in [-0.25, -0.2) is 9.37 Å². The van der Waals surface area contributed by atoms with Crippen LogP contribution in [0.2, 0.25) is 0 Å². The van der Waals surface area contributed by atoms with Crippen LogP contribution < -0.4 is 10.5 Å². The number of rotatable bonds is 3. The molecule has 0 aliphatic carbocycles. The number of halogens is 4. The summed E-state index contributed by atoms with van der Waals surface area (Å²) in [4.78, 5) is 14.8. The quantitative estimate of drug-likeness (QED) is 0.883. The third-order valence-corrected chi connectivity index (χ3v) is 2.79. The van der Waals surface area contributed by atoms with Crippen molar-refractivity contribution >= 4 is 5.91 Å². The number of aromatic nitrogens is 1. The predicted octanol–water partition coefficient (Wildman–Crippen LogP) is 3.44. The first-order valence-electron chi connectivity index (χ1n) is 5.99. The Balaban J connectivity index is 2.44. The first-order valence-corrected chi connectivity index (χ1v) is 5.99. The van der Waals surface area contributed by atoms with Crippen LogP contribution in [0.3, 0.4) is 0 Å². The Hall–Kier alpha value is -2.64. The average molecular weight is 314 g/mol. The predicted molar refractivity (Wildman–Crippen MR) is 69.0 cm³/mol. The molecule has 0 spiro atoms. The maximum absolute atomic E-state index is 13.0. The highest BCUT2D eigenvalue weighted by Gasteiger charge is 2.32. The van der Waals surface area contributed by atoms with Gasteiger partial charge in [-0.15, -0.1) is 0 Å². The molecule has 0 aliphatic heterocycles. The Morgan fingerprint density at radius 2 is 1.95 bits per heavy atom. The summed E-state index contributed by atoms with van der Waals surface area (Å²) in [5.74, 6) is -1.85. The molecular weight excluding hydrogens is 304 g/mol. The van der Waals surface area contributed by atoms with Gasteiger partial charge in [0.25, 0.3) is 5.91 Å². The molecule has 0 bridgehead atoms. The number of amides is 1. The van der Waals surface area contributed by atoms with Crippen molar-refractivity contribution in [2.24, 2.45) is 5.73 Å².